The van der Waals surface area contributed by atoms with Gasteiger partial charge in [-0.1, -0.05) is 41.4 Å². The first-order chi connectivity index (χ1) is 9.15. The van der Waals surface area contributed by atoms with Crippen LogP contribution < -0.4 is 4.90 Å². The van der Waals surface area contributed by atoms with Crippen LogP contribution in [0.15, 0.2) is 36.4 Å². The molecule has 0 bridgehead atoms. The van der Waals surface area contributed by atoms with E-state index in [2.05, 4.69) is 30.0 Å². The smallest absolute Gasteiger partial charge is 0.0612 e. The molecule has 2 aromatic rings. The van der Waals surface area contributed by atoms with Gasteiger partial charge in [0.25, 0.3) is 0 Å². The van der Waals surface area contributed by atoms with Gasteiger partial charge >= 0.3 is 0 Å². The van der Waals surface area contributed by atoms with Crippen molar-refractivity contribution in [3.8, 4) is 0 Å². The molecule has 1 aliphatic heterocycles. The predicted molar refractivity (Wildman–Crippen MR) is 82.4 cm³/mol. The Kier molecular flexibility index (Phi) is 3.42. The molecule has 0 N–H and O–H groups in total. The van der Waals surface area contributed by atoms with Crippen molar-refractivity contribution < 1.29 is 0 Å². The van der Waals surface area contributed by atoms with Crippen LogP contribution in [0, 0.1) is 6.92 Å². The molecule has 0 saturated heterocycles. The van der Waals surface area contributed by atoms with E-state index in [1.165, 1.54) is 16.7 Å². The van der Waals surface area contributed by atoms with E-state index in [0.717, 1.165) is 25.2 Å². The van der Waals surface area contributed by atoms with E-state index < -0.39 is 0 Å². The van der Waals surface area contributed by atoms with Crippen molar-refractivity contribution in [1.29, 1.82) is 0 Å². The number of aryl methyl sites for hydroxylation is 1. The third-order valence-electron chi connectivity index (χ3n) is 3.77. The second-order valence-electron chi connectivity index (χ2n) is 4.98. The van der Waals surface area contributed by atoms with E-state index in [1.54, 1.807) is 0 Å². The molecular weight excluding hydrogens is 277 g/mol. The van der Waals surface area contributed by atoms with Crippen molar-refractivity contribution in [2.75, 3.05) is 11.4 Å². The molecule has 0 radical (unpaired) electrons. The highest BCUT2D eigenvalue weighted by molar-refractivity contribution is 6.42. The van der Waals surface area contributed by atoms with Crippen LogP contribution in [0.1, 0.15) is 16.7 Å². The first kappa shape index (κ1) is 12.8. The average molecular weight is 292 g/mol. The molecule has 0 aromatic heterocycles. The second-order valence-corrected chi connectivity index (χ2v) is 5.80. The molecule has 0 fully saturated rings. The largest absolute Gasteiger partial charge is 0.367 e. The SMILES string of the molecule is Cc1cccc2c1CCN(c1ccc(Cl)c(Cl)c1)C2. The third-order valence-corrected chi connectivity index (χ3v) is 4.51. The molecule has 1 aliphatic rings. The fourth-order valence-electron chi connectivity index (χ4n) is 2.70. The standard InChI is InChI=1S/C16H15Cl2N/c1-11-3-2-4-12-10-19(8-7-14(11)12)13-5-6-15(17)16(18)9-13/h2-6,9H,7-8,10H2,1H3. The zero-order valence-corrected chi connectivity index (χ0v) is 12.3. The summed E-state index contributed by atoms with van der Waals surface area (Å²) in [4.78, 5) is 2.35. The summed E-state index contributed by atoms with van der Waals surface area (Å²) in [6, 6.07) is 12.4. The van der Waals surface area contributed by atoms with Gasteiger partial charge in [0, 0.05) is 18.8 Å². The lowest BCUT2D eigenvalue weighted by molar-refractivity contribution is 0.728. The molecule has 1 nitrogen and oxygen atoms in total. The maximum Gasteiger partial charge on any atom is 0.0612 e. The minimum atomic E-state index is 0.610. The normalized spacial score (nSPS) is 14.4. The zero-order chi connectivity index (χ0) is 13.4. The van der Waals surface area contributed by atoms with Crippen molar-refractivity contribution >= 4 is 28.9 Å². The highest BCUT2D eigenvalue weighted by Crippen LogP contribution is 2.31. The Bertz CT molecular complexity index is 622. The Labute approximate surface area is 123 Å². The van der Waals surface area contributed by atoms with Crippen molar-refractivity contribution in [3.05, 3.63) is 63.1 Å². The van der Waals surface area contributed by atoms with Gasteiger partial charge in [0.1, 0.15) is 0 Å². The number of halogens is 2. The van der Waals surface area contributed by atoms with Gasteiger partial charge in [0.2, 0.25) is 0 Å². The summed E-state index contributed by atoms with van der Waals surface area (Å²) in [7, 11) is 0. The second kappa shape index (κ2) is 5.07. The Morgan fingerprint density at radius 1 is 1.05 bits per heavy atom. The van der Waals surface area contributed by atoms with Crippen LogP contribution in [-0.4, -0.2) is 6.54 Å². The molecule has 0 spiro atoms. The van der Waals surface area contributed by atoms with Crippen LogP contribution in [0.25, 0.3) is 0 Å². The molecule has 0 atom stereocenters. The number of benzene rings is 2. The molecule has 0 amide bonds. The van der Waals surface area contributed by atoms with E-state index in [4.69, 9.17) is 23.2 Å². The molecule has 3 heteroatoms. The highest BCUT2D eigenvalue weighted by atomic mass is 35.5. The van der Waals surface area contributed by atoms with Crippen molar-refractivity contribution in [2.24, 2.45) is 0 Å². The molecule has 0 saturated carbocycles. The molecule has 2 aromatic carbocycles. The van der Waals surface area contributed by atoms with Crippen molar-refractivity contribution in [2.45, 2.75) is 19.9 Å². The Hall–Kier alpha value is -1.18. The lowest BCUT2D eigenvalue weighted by Crippen LogP contribution is -2.30. The highest BCUT2D eigenvalue weighted by Gasteiger charge is 2.18. The summed E-state index contributed by atoms with van der Waals surface area (Å²) in [5.74, 6) is 0. The first-order valence-electron chi connectivity index (χ1n) is 6.42. The van der Waals surface area contributed by atoms with E-state index in [9.17, 15) is 0 Å². The van der Waals surface area contributed by atoms with E-state index in [1.807, 2.05) is 18.2 Å². The number of anilines is 1. The minimum Gasteiger partial charge on any atom is -0.367 e. The molecule has 98 valence electrons. The molecule has 0 unspecified atom stereocenters. The Morgan fingerprint density at radius 2 is 1.89 bits per heavy atom. The van der Waals surface area contributed by atoms with Gasteiger partial charge < -0.3 is 4.90 Å². The number of hydrogen-bond acceptors (Lipinski definition) is 1. The van der Waals surface area contributed by atoms with E-state index in [-0.39, 0.29) is 0 Å². The number of hydrogen-bond donors (Lipinski definition) is 0. The summed E-state index contributed by atoms with van der Waals surface area (Å²) in [6.07, 6.45) is 1.09. The maximum absolute atomic E-state index is 6.10. The maximum atomic E-state index is 6.10. The minimum absolute atomic E-state index is 0.610. The Morgan fingerprint density at radius 3 is 2.68 bits per heavy atom. The lowest BCUT2D eigenvalue weighted by Gasteiger charge is -2.31. The molecular formula is C16H15Cl2N. The van der Waals surface area contributed by atoms with Crippen LogP contribution in [0.2, 0.25) is 10.0 Å². The Balaban J connectivity index is 1.91. The molecule has 3 rings (SSSR count). The number of rotatable bonds is 1. The monoisotopic (exact) mass is 291 g/mol. The van der Waals surface area contributed by atoms with E-state index in [0.29, 0.717) is 10.0 Å². The average Bonchev–Trinajstić information content (AvgIpc) is 2.42. The van der Waals surface area contributed by atoms with Crippen LogP contribution >= 0.6 is 23.2 Å². The molecule has 1 heterocycles. The summed E-state index contributed by atoms with van der Waals surface area (Å²) in [5, 5.41) is 1.23. The van der Waals surface area contributed by atoms with Crippen LogP contribution in [0.5, 0.6) is 0 Å². The first-order valence-corrected chi connectivity index (χ1v) is 7.18. The van der Waals surface area contributed by atoms with Crippen molar-refractivity contribution in [1.82, 2.24) is 0 Å². The van der Waals surface area contributed by atoms with Gasteiger partial charge in [-0.2, -0.15) is 0 Å². The van der Waals surface area contributed by atoms with Gasteiger partial charge in [-0.3, -0.25) is 0 Å². The van der Waals surface area contributed by atoms with Crippen LogP contribution in [-0.2, 0) is 13.0 Å². The summed E-state index contributed by atoms with van der Waals surface area (Å²) in [6.45, 7) is 4.15. The fourth-order valence-corrected chi connectivity index (χ4v) is 2.99. The third kappa shape index (κ3) is 2.45. The summed E-state index contributed by atoms with van der Waals surface area (Å²) >= 11 is 12.1. The molecule has 19 heavy (non-hydrogen) atoms. The number of nitrogens with zero attached hydrogens (tertiary/aromatic N) is 1. The summed E-state index contributed by atoms with van der Waals surface area (Å²) in [5.41, 5.74) is 5.45. The zero-order valence-electron chi connectivity index (χ0n) is 10.8. The van der Waals surface area contributed by atoms with Gasteiger partial charge in [0.15, 0.2) is 0 Å². The quantitative estimate of drug-likeness (QED) is 0.725. The van der Waals surface area contributed by atoms with E-state index >= 15 is 0 Å². The van der Waals surface area contributed by atoms with Crippen LogP contribution in [0.3, 0.4) is 0 Å². The van der Waals surface area contributed by atoms with Crippen LogP contribution in [0.4, 0.5) is 5.69 Å². The fraction of sp³-hybridized carbons (Fsp3) is 0.250. The predicted octanol–water partition coefficient (Wildman–Crippen LogP) is 4.86. The van der Waals surface area contributed by atoms with Gasteiger partial charge in [-0.25, -0.2) is 0 Å². The van der Waals surface area contributed by atoms with Gasteiger partial charge in [-0.15, -0.1) is 0 Å². The van der Waals surface area contributed by atoms with Crippen molar-refractivity contribution in [3.63, 3.8) is 0 Å². The summed E-state index contributed by atoms with van der Waals surface area (Å²) < 4.78 is 0. The van der Waals surface area contributed by atoms with Gasteiger partial charge in [-0.05, 0) is 48.2 Å². The molecule has 0 aliphatic carbocycles. The number of fused-ring (bicyclic) bond motifs is 1. The van der Waals surface area contributed by atoms with Gasteiger partial charge in [0.05, 0.1) is 10.0 Å². The topological polar surface area (TPSA) is 3.24 Å². The lowest BCUT2D eigenvalue weighted by atomic mass is 9.95.